The first-order valence-electron chi connectivity index (χ1n) is 6.18. The number of benzene rings is 1. The van der Waals surface area contributed by atoms with Crippen LogP contribution in [0.1, 0.15) is 40.6 Å². The van der Waals surface area contributed by atoms with E-state index in [0.717, 1.165) is 25.0 Å². The lowest BCUT2D eigenvalue weighted by Gasteiger charge is -2.04. The van der Waals surface area contributed by atoms with Crippen molar-refractivity contribution >= 4 is 21.7 Å². The Morgan fingerprint density at radius 2 is 2.10 bits per heavy atom. The fourth-order valence-electron chi connectivity index (χ4n) is 1.97. The first kappa shape index (κ1) is 13.4. The van der Waals surface area contributed by atoms with Gasteiger partial charge in [-0.1, -0.05) is 21.1 Å². The van der Waals surface area contributed by atoms with Crippen LogP contribution in [0.4, 0.5) is 8.78 Å². The summed E-state index contributed by atoms with van der Waals surface area (Å²) in [4.78, 5) is 12.1. The van der Waals surface area contributed by atoms with Crippen LogP contribution >= 0.6 is 15.9 Å². The van der Waals surface area contributed by atoms with E-state index < -0.39 is 11.6 Å². The minimum atomic E-state index is -0.754. The van der Waals surface area contributed by atoms with Gasteiger partial charge in [-0.3, -0.25) is 4.79 Å². The standard InChI is InChI=1S/C14H10BrF2NO2/c15-10-3-8(16)4-11(17)9(10)5-13(19)12-6-14(20-18-12)7-1-2-7/h3-4,6-7H,1-2,5H2. The van der Waals surface area contributed by atoms with Crippen LogP contribution in [0.3, 0.4) is 0 Å². The third-order valence-corrected chi connectivity index (χ3v) is 3.94. The molecule has 104 valence electrons. The van der Waals surface area contributed by atoms with E-state index in [0.29, 0.717) is 11.7 Å². The molecule has 2 aromatic rings. The SMILES string of the molecule is O=C(Cc1c(F)cc(F)cc1Br)c1cc(C2CC2)on1. The van der Waals surface area contributed by atoms with Gasteiger partial charge >= 0.3 is 0 Å². The van der Waals surface area contributed by atoms with E-state index in [1.807, 2.05) is 0 Å². The zero-order chi connectivity index (χ0) is 14.3. The van der Waals surface area contributed by atoms with Crippen molar-refractivity contribution < 1.29 is 18.1 Å². The second-order valence-electron chi connectivity index (χ2n) is 4.84. The number of aromatic nitrogens is 1. The van der Waals surface area contributed by atoms with E-state index in [1.54, 1.807) is 6.07 Å². The maximum absolute atomic E-state index is 13.7. The van der Waals surface area contributed by atoms with Crippen LogP contribution in [-0.2, 0) is 6.42 Å². The summed E-state index contributed by atoms with van der Waals surface area (Å²) in [7, 11) is 0. The van der Waals surface area contributed by atoms with E-state index in [4.69, 9.17) is 4.52 Å². The van der Waals surface area contributed by atoms with E-state index in [-0.39, 0.29) is 27.9 Å². The second-order valence-corrected chi connectivity index (χ2v) is 5.69. The smallest absolute Gasteiger partial charge is 0.189 e. The number of carbonyl (C=O) groups is 1. The summed E-state index contributed by atoms with van der Waals surface area (Å²) in [5.74, 6) is -0.739. The summed E-state index contributed by atoms with van der Waals surface area (Å²) in [6, 6.07) is 3.49. The van der Waals surface area contributed by atoms with Crippen molar-refractivity contribution in [1.82, 2.24) is 5.16 Å². The molecule has 1 aromatic carbocycles. The number of hydrogen-bond acceptors (Lipinski definition) is 3. The van der Waals surface area contributed by atoms with Gasteiger partial charge < -0.3 is 4.52 Å². The highest BCUT2D eigenvalue weighted by Gasteiger charge is 2.29. The number of rotatable bonds is 4. The summed E-state index contributed by atoms with van der Waals surface area (Å²) in [5.41, 5.74) is 0.301. The van der Waals surface area contributed by atoms with Crippen molar-refractivity contribution in [3.05, 3.63) is 51.3 Å². The molecule has 0 atom stereocenters. The highest BCUT2D eigenvalue weighted by atomic mass is 79.9. The Bertz CT molecular complexity index is 657. The van der Waals surface area contributed by atoms with Crippen LogP contribution in [-0.4, -0.2) is 10.9 Å². The first-order valence-corrected chi connectivity index (χ1v) is 6.97. The number of nitrogens with zero attached hydrogens (tertiary/aromatic N) is 1. The average molecular weight is 342 g/mol. The molecule has 6 heteroatoms. The Kier molecular flexibility index (Phi) is 3.41. The molecule has 0 N–H and O–H groups in total. The summed E-state index contributed by atoms with van der Waals surface area (Å²) in [6.07, 6.45) is 1.89. The topological polar surface area (TPSA) is 43.1 Å². The zero-order valence-corrected chi connectivity index (χ0v) is 11.9. The van der Waals surface area contributed by atoms with Crippen LogP contribution in [0.15, 0.2) is 27.2 Å². The van der Waals surface area contributed by atoms with Crippen LogP contribution in [0.25, 0.3) is 0 Å². The molecule has 3 rings (SSSR count). The lowest BCUT2D eigenvalue weighted by Crippen LogP contribution is -2.06. The van der Waals surface area contributed by atoms with E-state index in [2.05, 4.69) is 21.1 Å². The van der Waals surface area contributed by atoms with Crippen molar-refractivity contribution in [3.8, 4) is 0 Å². The quantitative estimate of drug-likeness (QED) is 0.789. The molecule has 0 bridgehead atoms. The molecule has 1 aliphatic carbocycles. The Morgan fingerprint density at radius 3 is 2.75 bits per heavy atom. The fourth-order valence-corrected chi connectivity index (χ4v) is 2.52. The minimum absolute atomic E-state index is 0.118. The van der Waals surface area contributed by atoms with Crippen LogP contribution < -0.4 is 0 Å². The summed E-state index contributed by atoms with van der Waals surface area (Å²) >= 11 is 3.06. The van der Waals surface area contributed by atoms with Gasteiger partial charge in [0.2, 0.25) is 0 Å². The summed E-state index contributed by atoms with van der Waals surface area (Å²) < 4.78 is 32.0. The second kappa shape index (κ2) is 5.09. The predicted molar refractivity (Wildman–Crippen MR) is 70.6 cm³/mol. The van der Waals surface area contributed by atoms with Crippen molar-refractivity contribution in [2.75, 3.05) is 0 Å². The van der Waals surface area contributed by atoms with Crippen molar-refractivity contribution in [3.63, 3.8) is 0 Å². The highest BCUT2D eigenvalue weighted by Crippen LogP contribution is 2.40. The van der Waals surface area contributed by atoms with Gasteiger partial charge in [0.1, 0.15) is 23.1 Å². The molecule has 1 fully saturated rings. The Labute approximate surface area is 122 Å². The molecule has 0 aliphatic heterocycles. The molecule has 20 heavy (non-hydrogen) atoms. The molecule has 0 radical (unpaired) electrons. The molecular formula is C14H10BrF2NO2. The monoisotopic (exact) mass is 341 g/mol. The summed E-state index contributed by atoms with van der Waals surface area (Å²) in [5, 5.41) is 3.71. The number of halogens is 3. The molecule has 1 heterocycles. The number of hydrogen-bond donors (Lipinski definition) is 0. The van der Waals surface area contributed by atoms with Crippen molar-refractivity contribution in [2.24, 2.45) is 0 Å². The van der Waals surface area contributed by atoms with Crippen LogP contribution in [0.2, 0.25) is 0 Å². The van der Waals surface area contributed by atoms with Gasteiger partial charge in [0.25, 0.3) is 0 Å². The molecule has 0 spiro atoms. The van der Waals surface area contributed by atoms with Crippen molar-refractivity contribution in [1.29, 1.82) is 0 Å². The van der Waals surface area contributed by atoms with Gasteiger partial charge in [0.15, 0.2) is 5.78 Å². The molecule has 1 saturated carbocycles. The van der Waals surface area contributed by atoms with E-state index in [9.17, 15) is 13.6 Å². The molecular weight excluding hydrogens is 332 g/mol. The molecule has 1 aliphatic rings. The largest absolute Gasteiger partial charge is 0.360 e. The minimum Gasteiger partial charge on any atom is -0.360 e. The highest BCUT2D eigenvalue weighted by molar-refractivity contribution is 9.10. The zero-order valence-electron chi connectivity index (χ0n) is 10.3. The molecule has 3 nitrogen and oxygen atoms in total. The lowest BCUT2D eigenvalue weighted by molar-refractivity contribution is 0.0982. The molecule has 1 aromatic heterocycles. The van der Waals surface area contributed by atoms with Gasteiger partial charge in [0.05, 0.1) is 0 Å². The number of carbonyl (C=O) groups excluding carboxylic acids is 1. The third kappa shape index (κ3) is 2.65. The van der Waals surface area contributed by atoms with Crippen LogP contribution in [0, 0.1) is 11.6 Å². The Hall–Kier alpha value is -1.56. The normalized spacial score (nSPS) is 14.6. The predicted octanol–water partition coefficient (Wildman–Crippen LogP) is 4.02. The van der Waals surface area contributed by atoms with E-state index in [1.165, 1.54) is 0 Å². The summed E-state index contributed by atoms with van der Waals surface area (Å²) in [6.45, 7) is 0. The lowest BCUT2D eigenvalue weighted by atomic mass is 10.1. The molecule has 0 unspecified atom stereocenters. The fraction of sp³-hybridized carbons (Fsp3) is 0.286. The third-order valence-electron chi connectivity index (χ3n) is 3.24. The average Bonchev–Trinajstić information content (AvgIpc) is 3.11. The van der Waals surface area contributed by atoms with Gasteiger partial charge in [0, 0.05) is 34.5 Å². The van der Waals surface area contributed by atoms with Gasteiger partial charge in [-0.05, 0) is 18.9 Å². The van der Waals surface area contributed by atoms with Crippen LogP contribution in [0.5, 0.6) is 0 Å². The van der Waals surface area contributed by atoms with E-state index >= 15 is 0 Å². The Morgan fingerprint density at radius 1 is 1.35 bits per heavy atom. The van der Waals surface area contributed by atoms with Gasteiger partial charge in [-0.15, -0.1) is 0 Å². The maximum atomic E-state index is 13.7. The van der Waals surface area contributed by atoms with Gasteiger partial charge in [-0.2, -0.15) is 0 Å². The Balaban J connectivity index is 1.81. The molecule has 0 amide bonds. The molecule has 0 saturated heterocycles. The maximum Gasteiger partial charge on any atom is 0.189 e. The number of Topliss-reactive ketones (excluding diaryl/α,β-unsaturated/α-hetero) is 1. The number of ketones is 1. The van der Waals surface area contributed by atoms with Gasteiger partial charge in [-0.25, -0.2) is 8.78 Å². The first-order chi connectivity index (χ1) is 9.54. The van der Waals surface area contributed by atoms with Crippen molar-refractivity contribution in [2.45, 2.75) is 25.2 Å².